The second-order valence-corrected chi connectivity index (χ2v) is 6.94. The first-order chi connectivity index (χ1) is 9.31. The predicted octanol–water partition coefficient (Wildman–Crippen LogP) is 1.78. The number of halogens is 2. The quantitative estimate of drug-likeness (QED) is 0.767. The number of aliphatic hydroxyl groups is 1. The molecule has 1 aromatic rings. The van der Waals surface area contributed by atoms with Crippen molar-refractivity contribution in [1.82, 2.24) is 4.72 Å². The molecule has 0 bridgehead atoms. The largest absolute Gasteiger partial charge is 0.392 e. The van der Waals surface area contributed by atoms with E-state index in [2.05, 4.69) is 20.7 Å². The van der Waals surface area contributed by atoms with E-state index in [-0.39, 0.29) is 5.56 Å². The summed E-state index contributed by atoms with van der Waals surface area (Å²) in [7, 11) is -2.48. The Balaban J connectivity index is 3.06. The summed E-state index contributed by atoms with van der Waals surface area (Å²) in [5.41, 5.74) is -0.0794. The van der Waals surface area contributed by atoms with E-state index in [1.54, 1.807) is 6.92 Å². The summed E-state index contributed by atoms with van der Waals surface area (Å²) in [6.45, 7) is 1.49. The summed E-state index contributed by atoms with van der Waals surface area (Å²) < 4.78 is 46.0. The van der Waals surface area contributed by atoms with Crippen molar-refractivity contribution in [3.05, 3.63) is 28.0 Å². The lowest BCUT2D eigenvalue weighted by molar-refractivity contribution is 0.188. The van der Waals surface area contributed by atoms with Crippen LogP contribution in [0.5, 0.6) is 0 Å². The first kappa shape index (κ1) is 17.5. The van der Waals surface area contributed by atoms with Crippen molar-refractivity contribution in [3.63, 3.8) is 0 Å². The van der Waals surface area contributed by atoms with Crippen molar-refractivity contribution in [2.75, 3.05) is 13.7 Å². The van der Waals surface area contributed by atoms with Gasteiger partial charge in [0.25, 0.3) is 0 Å². The maximum absolute atomic E-state index is 14.0. The van der Waals surface area contributed by atoms with E-state index in [0.717, 1.165) is 0 Å². The van der Waals surface area contributed by atoms with Crippen LogP contribution in [0.15, 0.2) is 21.5 Å². The molecule has 0 aromatic heterocycles. The topological polar surface area (TPSA) is 75.6 Å². The average Bonchev–Trinajstić information content (AvgIpc) is 2.37. The third-order valence-electron chi connectivity index (χ3n) is 2.65. The Morgan fingerprint density at radius 1 is 1.50 bits per heavy atom. The molecule has 1 unspecified atom stereocenters. The minimum atomic E-state index is -4.00. The van der Waals surface area contributed by atoms with Crippen LogP contribution in [0.4, 0.5) is 4.39 Å². The van der Waals surface area contributed by atoms with Gasteiger partial charge in [-0.15, -0.1) is 0 Å². The van der Waals surface area contributed by atoms with Gasteiger partial charge in [0.1, 0.15) is 10.7 Å². The number of benzene rings is 1. The second-order valence-electron chi connectivity index (χ2n) is 4.34. The molecule has 0 radical (unpaired) electrons. The van der Waals surface area contributed by atoms with E-state index in [1.165, 1.54) is 19.2 Å². The first-order valence-electron chi connectivity index (χ1n) is 5.92. The normalized spacial score (nSPS) is 13.4. The van der Waals surface area contributed by atoms with Gasteiger partial charge < -0.3 is 9.84 Å². The molecule has 0 aliphatic carbocycles. The Bertz CT molecular complexity index is 565. The van der Waals surface area contributed by atoms with Gasteiger partial charge in [0.15, 0.2) is 0 Å². The van der Waals surface area contributed by atoms with Gasteiger partial charge in [-0.1, -0.05) is 15.9 Å². The van der Waals surface area contributed by atoms with E-state index < -0.39 is 33.4 Å². The third kappa shape index (κ3) is 4.49. The molecule has 0 amide bonds. The van der Waals surface area contributed by atoms with Crippen molar-refractivity contribution >= 4 is 26.0 Å². The summed E-state index contributed by atoms with van der Waals surface area (Å²) in [6.07, 6.45) is 0.470. The number of methoxy groups -OCH3 is 1. The number of rotatable bonds is 7. The molecule has 2 N–H and O–H groups in total. The van der Waals surface area contributed by atoms with Crippen LogP contribution in [-0.2, 0) is 21.4 Å². The number of ether oxygens (including phenoxy) is 1. The number of sulfonamides is 1. The van der Waals surface area contributed by atoms with Gasteiger partial charge in [0.2, 0.25) is 10.0 Å². The molecule has 0 saturated carbocycles. The highest BCUT2D eigenvalue weighted by Gasteiger charge is 2.23. The highest BCUT2D eigenvalue weighted by atomic mass is 79.9. The van der Waals surface area contributed by atoms with E-state index in [4.69, 9.17) is 9.84 Å². The Kier molecular flexibility index (Phi) is 6.53. The number of hydrogen-bond acceptors (Lipinski definition) is 4. The lowest BCUT2D eigenvalue weighted by atomic mass is 10.2. The summed E-state index contributed by atoms with van der Waals surface area (Å²) >= 11 is 3.10. The Morgan fingerprint density at radius 3 is 2.70 bits per heavy atom. The number of nitrogens with one attached hydrogen (secondary N) is 1. The fraction of sp³-hybridized carbons (Fsp3) is 0.500. The van der Waals surface area contributed by atoms with Gasteiger partial charge in [0, 0.05) is 29.8 Å². The Hall–Kier alpha value is -0.540. The first-order valence-corrected chi connectivity index (χ1v) is 8.19. The van der Waals surface area contributed by atoms with Crippen LogP contribution in [0.25, 0.3) is 0 Å². The molecule has 0 aliphatic heterocycles. The molecule has 0 spiro atoms. The van der Waals surface area contributed by atoms with Crippen molar-refractivity contribution < 1.29 is 22.7 Å². The lowest BCUT2D eigenvalue weighted by Gasteiger charge is -2.15. The molecule has 0 fully saturated rings. The molecule has 20 heavy (non-hydrogen) atoms. The SMILES string of the molecule is COCCC(C)NS(=O)(=O)c1cc(Br)cc(CO)c1F. The van der Waals surface area contributed by atoms with Gasteiger partial charge in [-0.3, -0.25) is 0 Å². The lowest BCUT2D eigenvalue weighted by Crippen LogP contribution is -2.34. The molecule has 8 heteroatoms. The van der Waals surface area contributed by atoms with Gasteiger partial charge in [-0.25, -0.2) is 17.5 Å². The number of hydrogen-bond donors (Lipinski definition) is 2. The molecule has 1 rings (SSSR count). The maximum Gasteiger partial charge on any atom is 0.243 e. The van der Waals surface area contributed by atoms with E-state index in [9.17, 15) is 12.8 Å². The van der Waals surface area contributed by atoms with Crippen LogP contribution in [-0.4, -0.2) is 33.3 Å². The molecule has 1 aromatic carbocycles. The zero-order valence-electron chi connectivity index (χ0n) is 11.2. The summed E-state index contributed by atoms with van der Waals surface area (Å²) in [5, 5.41) is 9.04. The van der Waals surface area contributed by atoms with E-state index in [1.807, 2.05) is 0 Å². The van der Waals surface area contributed by atoms with Crippen molar-refractivity contribution in [2.45, 2.75) is 30.9 Å². The minimum Gasteiger partial charge on any atom is -0.392 e. The van der Waals surface area contributed by atoms with E-state index in [0.29, 0.717) is 17.5 Å². The Labute approximate surface area is 126 Å². The molecular weight excluding hydrogens is 353 g/mol. The monoisotopic (exact) mass is 369 g/mol. The molecule has 0 aliphatic rings. The van der Waals surface area contributed by atoms with Crippen LogP contribution >= 0.6 is 15.9 Å². The summed E-state index contributed by atoms with van der Waals surface area (Å²) in [6, 6.07) is 2.11. The predicted molar refractivity (Wildman–Crippen MR) is 76.3 cm³/mol. The average molecular weight is 370 g/mol. The van der Waals surface area contributed by atoms with Crippen LogP contribution < -0.4 is 4.72 Å². The highest BCUT2D eigenvalue weighted by Crippen LogP contribution is 2.24. The number of aliphatic hydroxyl groups excluding tert-OH is 1. The molecule has 1 atom stereocenters. The zero-order chi connectivity index (χ0) is 15.3. The molecule has 0 saturated heterocycles. The van der Waals surface area contributed by atoms with Crippen LogP contribution in [0.2, 0.25) is 0 Å². The van der Waals surface area contributed by atoms with Gasteiger partial charge in [0.05, 0.1) is 6.61 Å². The van der Waals surface area contributed by atoms with Gasteiger partial charge in [-0.2, -0.15) is 0 Å². The minimum absolute atomic E-state index is 0.0794. The molecular formula is C12H17BrFNO4S. The highest BCUT2D eigenvalue weighted by molar-refractivity contribution is 9.10. The fourth-order valence-electron chi connectivity index (χ4n) is 1.61. The zero-order valence-corrected chi connectivity index (χ0v) is 13.6. The van der Waals surface area contributed by atoms with Gasteiger partial charge >= 0.3 is 0 Å². The molecule has 5 nitrogen and oxygen atoms in total. The summed E-state index contributed by atoms with van der Waals surface area (Å²) in [4.78, 5) is -0.486. The third-order valence-corrected chi connectivity index (χ3v) is 4.70. The smallest absolute Gasteiger partial charge is 0.243 e. The van der Waals surface area contributed by atoms with Crippen LogP contribution in [0, 0.1) is 5.82 Å². The van der Waals surface area contributed by atoms with Crippen molar-refractivity contribution in [3.8, 4) is 0 Å². The van der Waals surface area contributed by atoms with Crippen molar-refractivity contribution in [2.24, 2.45) is 0 Å². The second kappa shape index (κ2) is 7.46. The standard InChI is InChI=1S/C12H17BrFNO4S/c1-8(3-4-19-2)15-20(17,18)11-6-10(13)5-9(7-16)12(11)14/h5-6,8,15-16H,3-4,7H2,1-2H3. The van der Waals surface area contributed by atoms with Crippen LogP contribution in [0.1, 0.15) is 18.9 Å². The van der Waals surface area contributed by atoms with Crippen LogP contribution in [0.3, 0.4) is 0 Å². The Morgan fingerprint density at radius 2 is 2.15 bits per heavy atom. The van der Waals surface area contributed by atoms with Crippen molar-refractivity contribution in [1.29, 1.82) is 0 Å². The fourth-order valence-corrected chi connectivity index (χ4v) is 3.69. The molecule has 114 valence electrons. The van der Waals surface area contributed by atoms with E-state index >= 15 is 0 Å². The summed E-state index contributed by atoms with van der Waals surface area (Å²) in [5.74, 6) is -0.942. The molecule has 0 heterocycles. The van der Waals surface area contributed by atoms with Gasteiger partial charge in [-0.05, 0) is 25.5 Å². The maximum atomic E-state index is 14.0.